The molecule has 0 spiro atoms. The largest absolute Gasteiger partial charge is 0.493 e. The molecule has 0 amide bonds. The van der Waals surface area contributed by atoms with Gasteiger partial charge in [-0.15, -0.1) is 0 Å². The number of nitrogens with zero attached hydrogens (tertiary/aromatic N) is 2. The molecule has 0 aromatic carbocycles. The summed E-state index contributed by atoms with van der Waals surface area (Å²) >= 11 is 0. The average Bonchev–Trinajstić information content (AvgIpc) is 3.03. The number of hydrogen-bond acceptors (Lipinski definition) is 4. The third kappa shape index (κ3) is 2.38. The summed E-state index contributed by atoms with van der Waals surface area (Å²) in [6.07, 6.45) is 3.16. The Kier molecular flexibility index (Phi) is 3.95. The molecule has 0 aliphatic carbocycles. The van der Waals surface area contributed by atoms with Crippen molar-refractivity contribution in [3.05, 3.63) is 35.5 Å². The monoisotopic (exact) mass is 264 g/mol. The van der Waals surface area contributed by atoms with Gasteiger partial charge in [0, 0.05) is 18.0 Å². The van der Waals surface area contributed by atoms with Gasteiger partial charge < -0.3 is 14.3 Å². The summed E-state index contributed by atoms with van der Waals surface area (Å²) < 4.78 is 12.4. The number of methoxy groups -OCH3 is 1. The molecule has 5 heteroatoms. The predicted octanol–water partition coefficient (Wildman–Crippen LogP) is 2.71. The van der Waals surface area contributed by atoms with E-state index in [0.717, 1.165) is 17.7 Å². The summed E-state index contributed by atoms with van der Waals surface area (Å²) in [6.45, 7) is 6.02. The highest BCUT2D eigenvalue weighted by Crippen LogP contribution is 2.33. The van der Waals surface area contributed by atoms with E-state index in [2.05, 4.69) is 5.10 Å². The fraction of sp³-hybridized carbons (Fsp3) is 0.500. The summed E-state index contributed by atoms with van der Waals surface area (Å²) in [5.41, 5.74) is 1.43. The molecular formula is C14H20N2O3. The SMILES string of the molecule is CCc1occc1C(O)c1c(OC)cnn1C(C)C. The fourth-order valence-corrected chi connectivity index (χ4v) is 2.21. The van der Waals surface area contributed by atoms with Gasteiger partial charge in [0.25, 0.3) is 0 Å². The van der Waals surface area contributed by atoms with Crippen LogP contribution in [-0.4, -0.2) is 22.0 Å². The molecule has 2 aromatic heterocycles. The van der Waals surface area contributed by atoms with E-state index >= 15 is 0 Å². The smallest absolute Gasteiger partial charge is 0.163 e. The Morgan fingerprint density at radius 1 is 1.47 bits per heavy atom. The van der Waals surface area contributed by atoms with Crippen LogP contribution < -0.4 is 4.74 Å². The van der Waals surface area contributed by atoms with Crippen LogP contribution in [0.3, 0.4) is 0 Å². The molecule has 1 N–H and O–H groups in total. The van der Waals surface area contributed by atoms with Gasteiger partial charge in [-0.1, -0.05) is 6.92 Å². The lowest BCUT2D eigenvalue weighted by molar-refractivity contribution is 0.197. The first-order valence-electron chi connectivity index (χ1n) is 6.45. The lowest BCUT2D eigenvalue weighted by atomic mass is 10.1. The highest BCUT2D eigenvalue weighted by molar-refractivity contribution is 5.36. The van der Waals surface area contributed by atoms with Crippen molar-refractivity contribution in [2.75, 3.05) is 7.11 Å². The van der Waals surface area contributed by atoms with Crippen LogP contribution in [0.4, 0.5) is 0 Å². The molecule has 0 saturated carbocycles. The zero-order chi connectivity index (χ0) is 14.0. The van der Waals surface area contributed by atoms with Crippen LogP contribution >= 0.6 is 0 Å². The number of ether oxygens (including phenoxy) is 1. The number of rotatable bonds is 5. The minimum atomic E-state index is -0.798. The first kappa shape index (κ1) is 13.7. The number of aryl methyl sites for hydroxylation is 1. The topological polar surface area (TPSA) is 60.4 Å². The molecule has 1 unspecified atom stereocenters. The van der Waals surface area contributed by atoms with Crippen LogP contribution in [0.2, 0.25) is 0 Å². The third-order valence-electron chi connectivity index (χ3n) is 3.16. The van der Waals surface area contributed by atoms with Crippen molar-refractivity contribution in [3.8, 4) is 5.75 Å². The van der Waals surface area contributed by atoms with Crippen molar-refractivity contribution in [1.82, 2.24) is 9.78 Å². The third-order valence-corrected chi connectivity index (χ3v) is 3.16. The Labute approximate surface area is 112 Å². The lowest BCUT2D eigenvalue weighted by Crippen LogP contribution is -2.13. The van der Waals surface area contributed by atoms with Gasteiger partial charge in [-0.05, 0) is 19.9 Å². The molecule has 5 nitrogen and oxygen atoms in total. The van der Waals surface area contributed by atoms with Gasteiger partial charge in [-0.2, -0.15) is 5.10 Å². The lowest BCUT2D eigenvalue weighted by Gasteiger charge is -2.17. The maximum atomic E-state index is 10.6. The second kappa shape index (κ2) is 5.48. The second-order valence-corrected chi connectivity index (χ2v) is 4.69. The molecule has 19 heavy (non-hydrogen) atoms. The van der Waals surface area contributed by atoms with Gasteiger partial charge in [-0.3, -0.25) is 4.68 Å². The average molecular weight is 264 g/mol. The van der Waals surface area contributed by atoms with Crippen molar-refractivity contribution in [2.45, 2.75) is 39.3 Å². The van der Waals surface area contributed by atoms with Gasteiger partial charge in [0.1, 0.15) is 17.6 Å². The summed E-state index contributed by atoms with van der Waals surface area (Å²) in [5, 5.41) is 14.9. The first-order valence-corrected chi connectivity index (χ1v) is 6.45. The minimum absolute atomic E-state index is 0.144. The first-order chi connectivity index (χ1) is 9.10. The maximum absolute atomic E-state index is 10.6. The van der Waals surface area contributed by atoms with E-state index in [-0.39, 0.29) is 6.04 Å². The van der Waals surface area contributed by atoms with Crippen LogP contribution in [0, 0.1) is 0 Å². The van der Waals surface area contributed by atoms with Gasteiger partial charge in [-0.25, -0.2) is 0 Å². The minimum Gasteiger partial charge on any atom is -0.493 e. The molecule has 1 atom stereocenters. The number of aliphatic hydroxyl groups is 1. The number of hydrogen-bond donors (Lipinski definition) is 1. The van der Waals surface area contributed by atoms with Crippen LogP contribution in [0.1, 0.15) is 49.9 Å². The van der Waals surface area contributed by atoms with Crippen molar-refractivity contribution in [2.24, 2.45) is 0 Å². The zero-order valence-electron chi connectivity index (χ0n) is 11.8. The normalized spacial score (nSPS) is 12.9. The van der Waals surface area contributed by atoms with E-state index in [1.54, 1.807) is 30.3 Å². The zero-order valence-corrected chi connectivity index (χ0v) is 11.8. The molecule has 0 bridgehead atoms. The van der Waals surface area contributed by atoms with Gasteiger partial charge in [0.05, 0.1) is 19.6 Å². The number of aromatic nitrogens is 2. The molecule has 2 rings (SSSR count). The molecule has 2 aromatic rings. The van der Waals surface area contributed by atoms with Crippen LogP contribution in [-0.2, 0) is 6.42 Å². The molecule has 0 radical (unpaired) electrons. The van der Waals surface area contributed by atoms with Crippen molar-refractivity contribution < 1.29 is 14.3 Å². The van der Waals surface area contributed by atoms with Crippen molar-refractivity contribution in [3.63, 3.8) is 0 Å². The van der Waals surface area contributed by atoms with Gasteiger partial charge in [0.15, 0.2) is 5.75 Å². The van der Waals surface area contributed by atoms with E-state index in [1.165, 1.54) is 0 Å². The quantitative estimate of drug-likeness (QED) is 0.902. The number of aliphatic hydroxyl groups excluding tert-OH is 1. The Morgan fingerprint density at radius 3 is 2.79 bits per heavy atom. The molecule has 0 aliphatic heterocycles. The summed E-state index contributed by atoms with van der Waals surface area (Å²) in [6, 6.07) is 1.94. The van der Waals surface area contributed by atoms with E-state index in [1.807, 2.05) is 20.8 Å². The summed E-state index contributed by atoms with van der Waals surface area (Å²) in [4.78, 5) is 0. The summed E-state index contributed by atoms with van der Waals surface area (Å²) in [7, 11) is 1.58. The molecule has 0 saturated heterocycles. The maximum Gasteiger partial charge on any atom is 0.163 e. The van der Waals surface area contributed by atoms with Crippen molar-refractivity contribution in [1.29, 1.82) is 0 Å². The van der Waals surface area contributed by atoms with E-state index < -0.39 is 6.10 Å². The second-order valence-electron chi connectivity index (χ2n) is 4.69. The Bertz CT molecular complexity index is 543. The predicted molar refractivity (Wildman–Crippen MR) is 71.3 cm³/mol. The molecule has 2 heterocycles. The summed E-state index contributed by atoms with van der Waals surface area (Å²) in [5.74, 6) is 1.37. The molecule has 0 fully saturated rings. The standard InChI is InChI=1S/C14H20N2O3/c1-5-11-10(6-7-19-11)14(17)13-12(18-4)8-15-16(13)9(2)3/h6-9,14,17H,5H2,1-4H3. The van der Waals surface area contributed by atoms with Crippen LogP contribution in [0.15, 0.2) is 22.9 Å². The fourth-order valence-electron chi connectivity index (χ4n) is 2.21. The highest BCUT2D eigenvalue weighted by Gasteiger charge is 2.25. The Hall–Kier alpha value is -1.75. The Morgan fingerprint density at radius 2 is 2.21 bits per heavy atom. The van der Waals surface area contributed by atoms with E-state index in [4.69, 9.17) is 9.15 Å². The van der Waals surface area contributed by atoms with Crippen LogP contribution in [0.5, 0.6) is 5.75 Å². The van der Waals surface area contributed by atoms with E-state index in [9.17, 15) is 5.11 Å². The molecule has 104 valence electrons. The number of furan rings is 1. The van der Waals surface area contributed by atoms with Crippen LogP contribution in [0.25, 0.3) is 0 Å². The molecule has 0 aliphatic rings. The van der Waals surface area contributed by atoms with E-state index in [0.29, 0.717) is 11.4 Å². The van der Waals surface area contributed by atoms with Gasteiger partial charge in [0.2, 0.25) is 0 Å². The highest BCUT2D eigenvalue weighted by atomic mass is 16.5. The Balaban J connectivity index is 2.48. The van der Waals surface area contributed by atoms with Gasteiger partial charge >= 0.3 is 0 Å². The van der Waals surface area contributed by atoms with Crippen molar-refractivity contribution >= 4 is 0 Å². The molecular weight excluding hydrogens is 244 g/mol.